The molecular formula is C15H23N3O2. The Morgan fingerprint density at radius 1 is 1.25 bits per heavy atom. The lowest BCUT2D eigenvalue weighted by molar-refractivity contribution is -0.116. The predicted molar refractivity (Wildman–Crippen MR) is 80.6 cm³/mol. The van der Waals surface area contributed by atoms with E-state index >= 15 is 0 Å². The van der Waals surface area contributed by atoms with Crippen molar-refractivity contribution in [3.63, 3.8) is 0 Å². The summed E-state index contributed by atoms with van der Waals surface area (Å²) in [6, 6.07) is 6.81. The number of nitrogens with one attached hydrogen (secondary N) is 2. The Hall–Kier alpha value is -1.88. The molecule has 5 nitrogen and oxygen atoms in total. The Kier molecular flexibility index (Phi) is 6.73. The van der Waals surface area contributed by atoms with Gasteiger partial charge < -0.3 is 16.4 Å². The third kappa shape index (κ3) is 5.01. The van der Waals surface area contributed by atoms with Crippen LogP contribution in [0.15, 0.2) is 24.3 Å². The number of hydrogen-bond acceptors (Lipinski definition) is 3. The van der Waals surface area contributed by atoms with E-state index in [2.05, 4.69) is 10.6 Å². The van der Waals surface area contributed by atoms with E-state index in [9.17, 15) is 9.59 Å². The summed E-state index contributed by atoms with van der Waals surface area (Å²) < 4.78 is 0. The number of amides is 2. The van der Waals surface area contributed by atoms with Crippen LogP contribution < -0.4 is 16.4 Å². The van der Waals surface area contributed by atoms with Crippen molar-refractivity contribution >= 4 is 17.5 Å². The van der Waals surface area contributed by atoms with Crippen LogP contribution in [0.3, 0.4) is 0 Å². The van der Waals surface area contributed by atoms with Crippen LogP contribution in [-0.2, 0) is 4.79 Å². The second-order valence-electron chi connectivity index (χ2n) is 4.72. The third-order valence-corrected chi connectivity index (χ3v) is 2.95. The molecule has 1 atom stereocenters. The van der Waals surface area contributed by atoms with E-state index < -0.39 is 0 Å². The summed E-state index contributed by atoms with van der Waals surface area (Å²) in [5, 5.41) is 5.55. The number of carbonyl (C=O) groups is 2. The number of anilines is 1. The highest BCUT2D eigenvalue weighted by atomic mass is 16.2. The monoisotopic (exact) mass is 277 g/mol. The molecule has 0 saturated carbocycles. The molecule has 0 aliphatic rings. The fourth-order valence-electron chi connectivity index (χ4n) is 1.71. The van der Waals surface area contributed by atoms with Crippen LogP contribution in [0, 0.1) is 0 Å². The fourth-order valence-corrected chi connectivity index (χ4v) is 1.71. The zero-order valence-electron chi connectivity index (χ0n) is 12.1. The molecule has 110 valence electrons. The molecular weight excluding hydrogens is 254 g/mol. The molecule has 1 unspecified atom stereocenters. The minimum Gasteiger partial charge on any atom is -0.352 e. The normalized spacial score (nSPS) is 11.8. The summed E-state index contributed by atoms with van der Waals surface area (Å²) in [4.78, 5) is 23.8. The molecule has 2 amide bonds. The van der Waals surface area contributed by atoms with Gasteiger partial charge in [-0.2, -0.15) is 0 Å². The molecule has 0 saturated heterocycles. The van der Waals surface area contributed by atoms with Crippen LogP contribution in [0.5, 0.6) is 0 Å². The molecule has 0 radical (unpaired) electrons. The minimum absolute atomic E-state index is 0.156. The van der Waals surface area contributed by atoms with E-state index in [1.54, 1.807) is 24.3 Å². The molecule has 0 spiro atoms. The first-order valence-corrected chi connectivity index (χ1v) is 7.01. The number of carbonyl (C=O) groups excluding carboxylic acids is 2. The zero-order valence-corrected chi connectivity index (χ0v) is 12.1. The summed E-state index contributed by atoms with van der Waals surface area (Å²) >= 11 is 0. The second-order valence-corrected chi connectivity index (χ2v) is 4.72. The van der Waals surface area contributed by atoms with Crippen LogP contribution in [0.25, 0.3) is 0 Å². The van der Waals surface area contributed by atoms with Crippen molar-refractivity contribution in [3.05, 3.63) is 29.8 Å². The van der Waals surface area contributed by atoms with Gasteiger partial charge in [0.25, 0.3) is 5.91 Å². The predicted octanol–water partition coefficient (Wildman–Crippen LogP) is 1.89. The molecule has 5 heteroatoms. The van der Waals surface area contributed by atoms with E-state index in [1.165, 1.54) is 0 Å². The van der Waals surface area contributed by atoms with Crippen molar-refractivity contribution in [2.45, 2.75) is 39.2 Å². The van der Waals surface area contributed by atoms with Crippen molar-refractivity contribution in [1.29, 1.82) is 0 Å². The maximum atomic E-state index is 12.0. The standard InChI is InChI=1S/C15H23N3O2/c1-3-9-17-15(20)12-7-5-6-8-13(12)18-14(19)10-11(16)4-2/h5-8,11H,3-4,9-10,16H2,1-2H3,(H,17,20)(H,18,19). The lowest BCUT2D eigenvalue weighted by atomic mass is 10.1. The SMILES string of the molecule is CCCNC(=O)c1ccccc1NC(=O)CC(N)CC. The minimum atomic E-state index is -0.178. The van der Waals surface area contributed by atoms with Crippen molar-refractivity contribution in [3.8, 4) is 0 Å². The molecule has 1 aromatic rings. The molecule has 4 N–H and O–H groups in total. The first kappa shape index (κ1) is 16.2. The molecule has 20 heavy (non-hydrogen) atoms. The lowest BCUT2D eigenvalue weighted by Crippen LogP contribution is -2.28. The van der Waals surface area contributed by atoms with Crippen molar-refractivity contribution < 1.29 is 9.59 Å². The van der Waals surface area contributed by atoms with E-state index in [1.807, 2.05) is 13.8 Å². The quantitative estimate of drug-likeness (QED) is 0.711. The highest BCUT2D eigenvalue weighted by Gasteiger charge is 2.13. The summed E-state index contributed by atoms with van der Waals surface area (Å²) in [6.45, 7) is 4.53. The molecule has 0 aliphatic carbocycles. The molecule has 1 aromatic carbocycles. The van der Waals surface area contributed by atoms with Gasteiger partial charge in [-0.1, -0.05) is 26.0 Å². The molecule has 0 aliphatic heterocycles. The van der Waals surface area contributed by atoms with E-state index in [0.29, 0.717) is 17.8 Å². The largest absolute Gasteiger partial charge is 0.352 e. The Balaban J connectivity index is 2.75. The summed E-state index contributed by atoms with van der Waals surface area (Å²) in [6.07, 6.45) is 1.86. The molecule has 0 aromatic heterocycles. The first-order valence-electron chi connectivity index (χ1n) is 7.01. The maximum Gasteiger partial charge on any atom is 0.253 e. The molecule has 0 fully saturated rings. The lowest BCUT2D eigenvalue weighted by Gasteiger charge is -2.13. The van der Waals surface area contributed by atoms with Gasteiger partial charge in [0.1, 0.15) is 0 Å². The van der Waals surface area contributed by atoms with Gasteiger partial charge >= 0.3 is 0 Å². The van der Waals surface area contributed by atoms with Crippen molar-refractivity contribution in [2.24, 2.45) is 5.73 Å². The van der Waals surface area contributed by atoms with Gasteiger partial charge in [0.2, 0.25) is 5.91 Å². The van der Waals surface area contributed by atoms with Crippen LogP contribution in [-0.4, -0.2) is 24.4 Å². The Labute approximate surface area is 119 Å². The van der Waals surface area contributed by atoms with Gasteiger partial charge in [-0.15, -0.1) is 0 Å². The molecule has 1 rings (SSSR count). The van der Waals surface area contributed by atoms with Gasteiger partial charge in [-0.05, 0) is 25.0 Å². The Bertz CT molecular complexity index is 460. The average molecular weight is 277 g/mol. The highest BCUT2D eigenvalue weighted by molar-refractivity contribution is 6.03. The van der Waals surface area contributed by atoms with Crippen LogP contribution >= 0.6 is 0 Å². The van der Waals surface area contributed by atoms with Gasteiger partial charge in [-0.25, -0.2) is 0 Å². The van der Waals surface area contributed by atoms with Gasteiger partial charge in [0.15, 0.2) is 0 Å². The van der Waals surface area contributed by atoms with E-state index in [4.69, 9.17) is 5.73 Å². The fraction of sp³-hybridized carbons (Fsp3) is 0.467. The Morgan fingerprint density at radius 3 is 2.60 bits per heavy atom. The van der Waals surface area contributed by atoms with Crippen molar-refractivity contribution in [1.82, 2.24) is 5.32 Å². The smallest absolute Gasteiger partial charge is 0.253 e. The zero-order chi connectivity index (χ0) is 15.0. The molecule has 0 bridgehead atoms. The second kappa shape index (κ2) is 8.32. The number of para-hydroxylation sites is 1. The number of rotatable bonds is 7. The summed E-state index contributed by atoms with van der Waals surface area (Å²) in [5.41, 5.74) is 6.75. The van der Waals surface area contributed by atoms with Crippen LogP contribution in [0.4, 0.5) is 5.69 Å². The van der Waals surface area contributed by atoms with Gasteiger partial charge in [-0.3, -0.25) is 9.59 Å². The molecule has 0 heterocycles. The summed E-state index contributed by atoms with van der Waals surface area (Å²) in [5.74, 6) is -0.349. The third-order valence-electron chi connectivity index (χ3n) is 2.95. The Morgan fingerprint density at radius 2 is 1.95 bits per heavy atom. The number of nitrogens with two attached hydrogens (primary N) is 1. The van der Waals surface area contributed by atoms with Crippen LogP contribution in [0.1, 0.15) is 43.5 Å². The number of hydrogen-bond donors (Lipinski definition) is 3. The number of benzene rings is 1. The topological polar surface area (TPSA) is 84.2 Å². The van der Waals surface area contributed by atoms with Gasteiger partial charge in [0.05, 0.1) is 11.3 Å². The van der Waals surface area contributed by atoms with Crippen molar-refractivity contribution in [2.75, 3.05) is 11.9 Å². The van der Waals surface area contributed by atoms with E-state index in [-0.39, 0.29) is 24.3 Å². The van der Waals surface area contributed by atoms with Gasteiger partial charge in [0, 0.05) is 19.0 Å². The first-order chi connectivity index (χ1) is 9.58. The van der Waals surface area contributed by atoms with E-state index in [0.717, 1.165) is 12.8 Å². The average Bonchev–Trinajstić information content (AvgIpc) is 2.45. The highest BCUT2D eigenvalue weighted by Crippen LogP contribution is 2.15. The van der Waals surface area contributed by atoms with Crippen LogP contribution in [0.2, 0.25) is 0 Å². The summed E-state index contributed by atoms with van der Waals surface area (Å²) in [7, 11) is 0. The maximum absolute atomic E-state index is 12.0.